The van der Waals surface area contributed by atoms with Crippen LogP contribution in [0.2, 0.25) is 0 Å². The molecular formula is C21H19N3O2. The highest BCUT2D eigenvalue weighted by atomic mass is 16.3. The van der Waals surface area contributed by atoms with Gasteiger partial charge in [-0.3, -0.25) is 9.36 Å². The summed E-state index contributed by atoms with van der Waals surface area (Å²) < 4.78 is 7.35. The highest BCUT2D eigenvalue weighted by Gasteiger charge is 2.13. The Balaban J connectivity index is 1.53. The number of fused-ring (bicyclic) bond motifs is 1. The van der Waals surface area contributed by atoms with Crippen molar-refractivity contribution in [1.82, 2.24) is 14.9 Å². The zero-order valence-corrected chi connectivity index (χ0v) is 14.3. The number of carbonyl (C=O) groups excluding carboxylic acids is 1. The molecule has 0 unspecified atom stereocenters. The number of rotatable bonds is 6. The average molecular weight is 345 g/mol. The van der Waals surface area contributed by atoms with Gasteiger partial charge in [-0.15, -0.1) is 0 Å². The van der Waals surface area contributed by atoms with Crippen LogP contribution in [0, 0.1) is 0 Å². The lowest BCUT2D eigenvalue weighted by atomic mass is 10.2. The molecule has 0 fully saturated rings. The number of para-hydroxylation sites is 3. The molecule has 0 radical (unpaired) electrons. The Labute approximate surface area is 151 Å². The molecule has 4 aromatic rings. The summed E-state index contributed by atoms with van der Waals surface area (Å²) in [4.78, 5) is 16.9. The van der Waals surface area contributed by atoms with E-state index in [0.29, 0.717) is 19.4 Å². The summed E-state index contributed by atoms with van der Waals surface area (Å²) in [6.45, 7) is 0.404. The summed E-state index contributed by atoms with van der Waals surface area (Å²) in [6, 6.07) is 21.8. The van der Waals surface area contributed by atoms with Gasteiger partial charge in [-0.2, -0.15) is 0 Å². The number of amides is 1. The third kappa shape index (κ3) is 3.37. The molecule has 1 amide bonds. The normalized spacial score (nSPS) is 10.9. The number of furan rings is 1. The fourth-order valence-corrected chi connectivity index (χ4v) is 3.02. The van der Waals surface area contributed by atoms with Crippen molar-refractivity contribution in [3.05, 3.63) is 84.6 Å². The summed E-state index contributed by atoms with van der Waals surface area (Å²) in [7, 11) is 0. The predicted molar refractivity (Wildman–Crippen MR) is 99.9 cm³/mol. The number of benzene rings is 2. The van der Waals surface area contributed by atoms with Crippen molar-refractivity contribution in [3.63, 3.8) is 0 Å². The number of carbonyl (C=O) groups is 1. The van der Waals surface area contributed by atoms with Gasteiger partial charge in [0.1, 0.15) is 11.6 Å². The van der Waals surface area contributed by atoms with E-state index in [1.54, 1.807) is 6.26 Å². The van der Waals surface area contributed by atoms with Crippen LogP contribution >= 0.6 is 0 Å². The minimum absolute atomic E-state index is 0.0203. The van der Waals surface area contributed by atoms with Crippen molar-refractivity contribution >= 4 is 16.9 Å². The molecule has 26 heavy (non-hydrogen) atoms. The lowest BCUT2D eigenvalue weighted by Crippen LogP contribution is -2.23. The quantitative estimate of drug-likeness (QED) is 0.577. The van der Waals surface area contributed by atoms with E-state index in [-0.39, 0.29) is 5.91 Å². The van der Waals surface area contributed by atoms with E-state index in [1.807, 2.05) is 48.5 Å². The monoisotopic (exact) mass is 345 g/mol. The topological polar surface area (TPSA) is 60.1 Å². The summed E-state index contributed by atoms with van der Waals surface area (Å²) in [5.41, 5.74) is 3.03. The molecule has 1 N–H and O–H groups in total. The minimum Gasteiger partial charge on any atom is -0.467 e. The third-order valence-electron chi connectivity index (χ3n) is 4.26. The molecule has 0 spiro atoms. The van der Waals surface area contributed by atoms with Crippen molar-refractivity contribution in [1.29, 1.82) is 0 Å². The highest BCUT2D eigenvalue weighted by molar-refractivity contribution is 5.79. The maximum Gasteiger partial charge on any atom is 0.220 e. The second-order valence-electron chi connectivity index (χ2n) is 6.04. The Morgan fingerprint density at radius 1 is 1.00 bits per heavy atom. The molecule has 0 aliphatic carbocycles. The number of hydrogen-bond donors (Lipinski definition) is 1. The summed E-state index contributed by atoms with van der Waals surface area (Å²) in [6.07, 6.45) is 2.54. The molecule has 5 nitrogen and oxygen atoms in total. The van der Waals surface area contributed by atoms with Gasteiger partial charge in [-0.05, 0) is 36.4 Å². The highest BCUT2D eigenvalue weighted by Crippen LogP contribution is 2.22. The zero-order valence-electron chi connectivity index (χ0n) is 14.3. The molecular weight excluding hydrogens is 326 g/mol. The zero-order chi connectivity index (χ0) is 17.8. The molecule has 2 aromatic heterocycles. The third-order valence-corrected chi connectivity index (χ3v) is 4.26. The van der Waals surface area contributed by atoms with Crippen molar-refractivity contribution in [3.8, 4) is 5.69 Å². The summed E-state index contributed by atoms with van der Waals surface area (Å²) >= 11 is 0. The first kappa shape index (κ1) is 16.1. The molecule has 5 heteroatoms. The van der Waals surface area contributed by atoms with Gasteiger partial charge in [-0.25, -0.2) is 4.98 Å². The van der Waals surface area contributed by atoms with Crippen molar-refractivity contribution in [2.45, 2.75) is 19.4 Å². The van der Waals surface area contributed by atoms with Gasteiger partial charge in [0.05, 0.1) is 23.8 Å². The summed E-state index contributed by atoms with van der Waals surface area (Å²) in [5, 5.41) is 2.88. The first-order chi connectivity index (χ1) is 12.8. The number of nitrogens with zero attached hydrogens (tertiary/aromatic N) is 2. The predicted octanol–water partition coefficient (Wildman–Crippen LogP) is 3.87. The first-order valence-corrected chi connectivity index (χ1v) is 8.62. The standard InChI is InChI=1S/C21H19N3O2/c25-21(22-15-17-9-6-14-26-17)13-12-20-23-18-10-4-5-11-19(18)24(20)16-7-2-1-3-8-16/h1-11,14H,12-13,15H2,(H,22,25). The maximum atomic E-state index is 12.2. The van der Waals surface area contributed by atoms with Crippen molar-refractivity contribution in [2.24, 2.45) is 0 Å². The Morgan fingerprint density at radius 2 is 1.81 bits per heavy atom. The number of nitrogens with one attached hydrogen (secondary N) is 1. The number of aromatic nitrogens is 2. The molecule has 0 saturated carbocycles. The first-order valence-electron chi connectivity index (χ1n) is 8.62. The molecule has 0 aliphatic heterocycles. The Hall–Kier alpha value is -3.34. The van der Waals surface area contributed by atoms with Gasteiger partial charge >= 0.3 is 0 Å². The molecule has 2 heterocycles. The van der Waals surface area contributed by atoms with Crippen LogP contribution in [0.3, 0.4) is 0 Å². The number of hydrogen-bond acceptors (Lipinski definition) is 3. The van der Waals surface area contributed by atoms with E-state index < -0.39 is 0 Å². The molecule has 0 bridgehead atoms. The van der Waals surface area contributed by atoms with Crippen LogP contribution in [-0.2, 0) is 17.8 Å². The molecule has 4 rings (SSSR count). The Kier molecular flexibility index (Phi) is 4.51. The Morgan fingerprint density at radius 3 is 2.62 bits per heavy atom. The lowest BCUT2D eigenvalue weighted by molar-refractivity contribution is -0.121. The SMILES string of the molecule is O=C(CCc1nc2ccccc2n1-c1ccccc1)NCc1ccco1. The smallest absolute Gasteiger partial charge is 0.220 e. The fourth-order valence-electron chi connectivity index (χ4n) is 3.02. The molecule has 130 valence electrons. The van der Waals surface area contributed by atoms with Crippen molar-refractivity contribution in [2.75, 3.05) is 0 Å². The van der Waals surface area contributed by atoms with E-state index in [2.05, 4.69) is 28.1 Å². The van der Waals surface area contributed by atoms with Crippen LogP contribution in [0.25, 0.3) is 16.7 Å². The van der Waals surface area contributed by atoms with Gasteiger partial charge in [-0.1, -0.05) is 30.3 Å². The second-order valence-corrected chi connectivity index (χ2v) is 6.04. The molecule has 2 aromatic carbocycles. The van der Waals surface area contributed by atoms with Gasteiger partial charge in [0, 0.05) is 18.5 Å². The van der Waals surface area contributed by atoms with Crippen LogP contribution in [0.5, 0.6) is 0 Å². The fraction of sp³-hybridized carbons (Fsp3) is 0.143. The number of imidazole rings is 1. The van der Waals surface area contributed by atoms with E-state index in [1.165, 1.54) is 0 Å². The van der Waals surface area contributed by atoms with Gasteiger partial charge in [0.2, 0.25) is 5.91 Å². The molecule has 0 saturated heterocycles. The van der Waals surface area contributed by atoms with Crippen LogP contribution in [-0.4, -0.2) is 15.5 Å². The van der Waals surface area contributed by atoms with E-state index in [4.69, 9.17) is 9.40 Å². The lowest BCUT2D eigenvalue weighted by Gasteiger charge is -2.09. The van der Waals surface area contributed by atoms with Crippen LogP contribution < -0.4 is 5.32 Å². The maximum absolute atomic E-state index is 12.2. The average Bonchev–Trinajstić information content (AvgIpc) is 3.32. The summed E-state index contributed by atoms with van der Waals surface area (Å²) in [5.74, 6) is 1.61. The van der Waals surface area contributed by atoms with E-state index in [9.17, 15) is 4.79 Å². The van der Waals surface area contributed by atoms with Crippen molar-refractivity contribution < 1.29 is 9.21 Å². The Bertz CT molecular complexity index is 1000. The van der Waals surface area contributed by atoms with E-state index in [0.717, 1.165) is 28.3 Å². The van der Waals surface area contributed by atoms with Gasteiger partial charge in [0.25, 0.3) is 0 Å². The van der Waals surface area contributed by atoms with Crippen LogP contribution in [0.4, 0.5) is 0 Å². The second kappa shape index (κ2) is 7.27. The minimum atomic E-state index is -0.0203. The molecule has 0 aliphatic rings. The molecule has 0 atom stereocenters. The largest absolute Gasteiger partial charge is 0.467 e. The van der Waals surface area contributed by atoms with Crippen LogP contribution in [0.1, 0.15) is 18.0 Å². The van der Waals surface area contributed by atoms with Crippen LogP contribution in [0.15, 0.2) is 77.4 Å². The van der Waals surface area contributed by atoms with Gasteiger partial charge in [0.15, 0.2) is 0 Å². The number of aryl methyl sites for hydroxylation is 1. The van der Waals surface area contributed by atoms with Gasteiger partial charge < -0.3 is 9.73 Å². The van der Waals surface area contributed by atoms with E-state index >= 15 is 0 Å².